The number of aryl methyl sites for hydroxylation is 1. The molecule has 6 heteroatoms. The second kappa shape index (κ2) is 9.10. The number of aromatic nitrogens is 2. The van der Waals surface area contributed by atoms with Crippen molar-refractivity contribution in [3.8, 4) is 32.4 Å². The molecular weight excluding hydrogens is 440 g/mol. The number of nitrogens with zero attached hydrogens (tertiary/aromatic N) is 2. The van der Waals surface area contributed by atoms with Crippen LogP contribution in [-0.4, -0.2) is 21.5 Å². The van der Waals surface area contributed by atoms with E-state index in [4.69, 9.17) is 21.4 Å². The molecule has 0 aliphatic heterocycles. The minimum absolute atomic E-state index is 0.588. The Morgan fingerprint density at radius 2 is 1.81 bits per heavy atom. The van der Waals surface area contributed by atoms with Crippen LogP contribution in [0.25, 0.3) is 26.7 Å². The van der Waals surface area contributed by atoms with Crippen molar-refractivity contribution < 1.29 is 9.84 Å². The molecule has 4 nitrogen and oxygen atoms in total. The standard InChI is InChI=1S/C26H27ClN2O2S/c1-5-14-31-22-11-10-17(2)15-18(22)23-12-13-24(32-23)21-16-25(26(3,4)30)28-29(21)20-9-7-6-8-19(20)27/h6-13,15-16,30H,5,14H2,1-4H3. The first-order valence-corrected chi connectivity index (χ1v) is 11.9. The number of para-hydroxylation sites is 1. The van der Waals surface area contributed by atoms with Crippen LogP contribution in [0.3, 0.4) is 0 Å². The van der Waals surface area contributed by atoms with Crippen molar-refractivity contribution in [2.75, 3.05) is 6.61 Å². The van der Waals surface area contributed by atoms with Gasteiger partial charge in [-0.3, -0.25) is 0 Å². The van der Waals surface area contributed by atoms with Gasteiger partial charge in [-0.2, -0.15) is 5.10 Å². The van der Waals surface area contributed by atoms with Crippen LogP contribution >= 0.6 is 22.9 Å². The third-order valence-corrected chi connectivity index (χ3v) is 6.60. The van der Waals surface area contributed by atoms with E-state index in [1.54, 1.807) is 25.2 Å². The van der Waals surface area contributed by atoms with Gasteiger partial charge >= 0.3 is 0 Å². The number of ether oxygens (including phenoxy) is 1. The smallest absolute Gasteiger partial charge is 0.127 e. The van der Waals surface area contributed by atoms with E-state index in [0.717, 1.165) is 38.9 Å². The zero-order valence-corrected chi connectivity index (χ0v) is 20.3. The molecule has 0 bridgehead atoms. The second-order valence-corrected chi connectivity index (χ2v) is 9.84. The molecule has 0 aliphatic carbocycles. The monoisotopic (exact) mass is 466 g/mol. The Balaban J connectivity index is 1.83. The van der Waals surface area contributed by atoms with E-state index in [9.17, 15) is 5.11 Å². The maximum Gasteiger partial charge on any atom is 0.127 e. The quantitative estimate of drug-likeness (QED) is 0.312. The average Bonchev–Trinajstić information content (AvgIpc) is 3.40. The predicted octanol–water partition coefficient (Wildman–Crippen LogP) is 7.25. The molecule has 0 saturated heterocycles. The molecule has 0 radical (unpaired) electrons. The van der Waals surface area contributed by atoms with E-state index in [0.29, 0.717) is 17.3 Å². The average molecular weight is 467 g/mol. The van der Waals surface area contributed by atoms with Gasteiger partial charge in [0.15, 0.2) is 0 Å². The van der Waals surface area contributed by atoms with Gasteiger partial charge in [-0.05, 0) is 69.7 Å². The third kappa shape index (κ3) is 4.60. The summed E-state index contributed by atoms with van der Waals surface area (Å²) in [7, 11) is 0. The molecule has 166 valence electrons. The Morgan fingerprint density at radius 1 is 1.06 bits per heavy atom. The number of thiophene rings is 1. The highest BCUT2D eigenvalue weighted by molar-refractivity contribution is 7.18. The zero-order valence-electron chi connectivity index (χ0n) is 18.7. The van der Waals surface area contributed by atoms with Crippen LogP contribution in [0, 0.1) is 6.92 Å². The van der Waals surface area contributed by atoms with Crippen LogP contribution in [0.5, 0.6) is 5.75 Å². The Bertz CT molecular complexity index is 1240. The van der Waals surface area contributed by atoms with Gasteiger partial charge < -0.3 is 9.84 Å². The molecule has 1 N–H and O–H groups in total. The van der Waals surface area contributed by atoms with E-state index >= 15 is 0 Å². The van der Waals surface area contributed by atoms with Gasteiger partial charge in [0, 0.05) is 10.4 Å². The number of benzene rings is 2. The number of rotatable bonds is 7. The topological polar surface area (TPSA) is 47.3 Å². The molecule has 4 aromatic rings. The summed E-state index contributed by atoms with van der Waals surface area (Å²) >= 11 is 8.16. The Morgan fingerprint density at radius 3 is 2.53 bits per heavy atom. The van der Waals surface area contributed by atoms with E-state index in [1.807, 2.05) is 41.1 Å². The van der Waals surface area contributed by atoms with Crippen molar-refractivity contribution in [1.82, 2.24) is 9.78 Å². The molecule has 2 aromatic heterocycles. The van der Waals surface area contributed by atoms with Crippen molar-refractivity contribution in [3.05, 3.63) is 76.9 Å². The van der Waals surface area contributed by atoms with Crippen LogP contribution in [-0.2, 0) is 5.60 Å². The summed E-state index contributed by atoms with van der Waals surface area (Å²) in [6.07, 6.45) is 0.958. The highest BCUT2D eigenvalue weighted by atomic mass is 35.5. The lowest BCUT2D eigenvalue weighted by molar-refractivity contribution is 0.0734. The minimum Gasteiger partial charge on any atom is -0.493 e. The van der Waals surface area contributed by atoms with Gasteiger partial charge in [0.1, 0.15) is 11.4 Å². The Hall–Kier alpha value is -2.60. The van der Waals surface area contributed by atoms with Gasteiger partial charge in [0.25, 0.3) is 0 Å². The number of hydrogen-bond donors (Lipinski definition) is 1. The van der Waals surface area contributed by atoms with E-state index in [2.05, 4.69) is 38.1 Å². The number of aliphatic hydroxyl groups is 1. The number of halogens is 1. The van der Waals surface area contributed by atoms with Crippen LogP contribution in [0.4, 0.5) is 0 Å². The largest absolute Gasteiger partial charge is 0.493 e. The van der Waals surface area contributed by atoms with Crippen molar-refractivity contribution in [2.45, 2.75) is 39.7 Å². The molecule has 0 spiro atoms. The molecular formula is C26H27ClN2O2S. The Labute approximate surface area is 198 Å². The predicted molar refractivity (Wildman–Crippen MR) is 133 cm³/mol. The van der Waals surface area contributed by atoms with E-state index in [1.165, 1.54) is 5.56 Å². The summed E-state index contributed by atoms with van der Waals surface area (Å²) in [5, 5.41) is 15.9. The molecule has 2 aromatic carbocycles. The van der Waals surface area contributed by atoms with Crippen molar-refractivity contribution in [1.29, 1.82) is 0 Å². The van der Waals surface area contributed by atoms with Crippen LogP contribution in [0.15, 0.2) is 60.7 Å². The maximum atomic E-state index is 10.6. The first kappa shape index (κ1) is 22.6. The van der Waals surface area contributed by atoms with Crippen molar-refractivity contribution in [3.63, 3.8) is 0 Å². The lowest BCUT2D eigenvalue weighted by Gasteiger charge is -2.13. The van der Waals surface area contributed by atoms with Gasteiger partial charge in [0.2, 0.25) is 0 Å². The zero-order chi connectivity index (χ0) is 22.9. The first-order valence-electron chi connectivity index (χ1n) is 10.7. The molecule has 0 atom stereocenters. The van der Waals surface area contributed by atoms with E-state index < -0.39 is 5.60 Å². The summed E-state index contributed by atoms with van der Waals surface area (Å²) in [6.45, 7) is 8.35. The maximum absolute atomic E-state index is 10.6. The minimum atomic E-state index is -1.07. The normalized spacial score (nSPS) is 11.7. The molecule has 2 heterocycles. The van der Waals surface area contributed by atoms with Gasteiger partial charge in [-0.15, -0.1) is 11.3 Å². The molecule has 0 fully saturated rings. The van der Waals surface area contributed by atoms with Gasteiger partial charge in [-0.25, -0.2) is 4.68 Å². The summed E-state index contributed by atoms with van der Waals surface area (Å²) in [4.78, 5) is 2.15. The van der Waals surface area contributed by atoms with Crippen LogP contribution < -0.4 is 4.74 Å². The molecule has 4 rings (SSSR count). The molecule has 32 heavy (non-hydrogen) atoms. The summed E-state index contributed by atoms with van der Waals surface area (Å²) in [6, 6.07) is 20.0. The lowest BCUT2D eigenvalue weighted by atomic mass is 10.1. The van der Waals surface area contributed by atoms with Crippen molar-refractivity contribution >= 4 is 22.9 Å². The summed E-state index contributed by atoms with van der Waals surface area (Å²) in [5.41, 5.74) is 3.45. The molecule has 0 amide bonds. The van der Waals surface area contributed by atoms with Crippen LogP contribution in [0.2, 0.25) is 5.02 Å². The molecule has 0 saturated carbocycles. The SMILES string of the molecule is CCCOc1ccc(C)cc1-c1ccc(-c2cc(C(C)(C)O)nn2-c2ccccc2Cl)s1. The van der Waals surface area contributed by atoms with Crippen LogP contribution in [0.1, 0.15) is 38.4 Å². The van der Waals surface area contributed by atoms with Gasteiger partial charge in [-0.1, -0.05) is 42.3 Å². The molecule has 0 unspecified atom stereocenters. The number of hydrogen-bond acceptors (Lipinski definition) is 4. The first-order chi connectivity index (χ1) is 15.3. The third-order valence-electron chi connectivity index (χ3n) is 5.14. The Kier molecular flexibility index (Phi) is 6.42. The highest BCUT2D eigenvalue weighted by Crippen LogP contribution is 2.41. The summed E-state index contributed by atoms with van der Waals surface area (Å²) < 4.78 is 7.82. The second-order valence-electron chi connectivity index (χ2n) is 8.35. The van der Waals surface area contributed by atoms with Crippen molar-refractivity contribution in [2.24, 2.45) is 0 Å². The molecule has 0 aliphatic rings. The fraction of sp³-hybridized carbons (Fsp3) is 0.269. The van der Waals surface area contributed by atoms with Gasteiger partial charge in [0.05, 0.1) is 33.6 Å². The lowest BCUT2D eigenvalue weighted by Crippen LogP contribution is -2.16. The highest BCUT2D eigenvalue weighted by Gasteiger charge is 2.24. The fourth-order valence-corrected chi connectivity index (χ4v) is 4.70. The van der Waals surface area contributed by atoms with E-state index in [-0.39, 0.29) is 0 Å². The fourth-order valence-electron chi connectivity index (χ4n) is 3.46. The summed E-state index contributed by atoms with van der Waals surface area (Å²) in [5.74, 6) is 0.891.